The summed E-state index contributed by atoms with van der Waals surface area (Å²) in [5.41, 5.74) is 6.06. The van der Waals surface area contributed by atoms with Crippen molar-refractivity contribution >= 4 is 38.3 Å². The number of rotatable bonds is 2. The molecule has 1 aromatic rings. The summed E-state index contributed by atoms with van der Waals surface area (Å²) < 4.78 is 26.8. The summed E-state index contributed by atoms with van der Waals surface area (Å²) in [7, 11) is -3.43. The van der Waals surface area contributed by atoms with Crippen molar-refractivity contribution in [1.82, 2.24) is 9.29 Å². The van der Waals surface area contributed by atoms with E-state index in [9.17, 15) is 8.42 Å². The minimum Gasteiger partial charge on any atom is -0.375 e. The predicted molar refractivity (Wildman–Crippen MR) is 71.9 cm³/mol. The van der Waals surface area contributed by atoms with Gasteiger partial charge in [-0.15, -0.1) is 0 Å². The Morgan fingerprint density at radius 3 is 2.76 bits per heavy atom. The van der Waals surface area contributed by atoms with E-state index in [1.165, 1.54) is 0 Å². The Hall–Kier alpha value is -0.310. The number of hydrogen-bond acceptors (Lipinski definition) is 6. The molecule has 1 aliphatic rings. The standard InChI is InChI=1S/C9H15N3O2S3/c1-6-5-15-4-3-12(6)17(13,14)8-7(2)11-9(10)16-8/h6H,3-5H2,1-2H3,(H2,10,11). The number of nitrogens with zero attached hydrogens (tertiary/aromatic N) is 2. The SMILES string of the molecule is Cc1nc(N)sc1S(=O)(=O)N1CCSCC1C. The third-order valence-corrected chi connectivity index (χ3v) is 7.40. The van der Waals surface area contributed by atoms with Crippen molar-refractivity contribution in [3.63, 3.8) is 0 Å². The van der Waals surface area contributed by atoms with Crippen molar-refractivity contribution in [3.05, 3.63) is 5.69 Å². The zero-order valence-electron chi connectivity index (χ0n) is 9.71. The molecule has 2 N–H and O–H groups in total. The minimum absolute atomic E-state index is 0.0291. The number of nitrogen functional groups attached to an aromatic ring is 1. The first-order valence-electron chi connectivity index (χ1n) is 5.25. The average molecular weight is 293 g/mol. The molecular formula is C9H15N3O2S3. The fourth-order valence-corrected chi connectivity index (χ4v) is 6.08. The summed E-state index contributed by atoms with van der Waals surface area (Å²) in [6.45, 7) is 4.18. The van der Waals surface area contributed by atoms with Crippen LogP contribution in [0.3, 0.4) is 0 Å². The van der Waals surface area contributed by atoms with Crippen LogP contribution in [0.2, 0.25) is 0 Å². The number of hydrogen-bond donors (Lipinski definition) is 1. The fourth-order valence-electron chi connectivity index (χ4n) is 1.82. The van der Waals surface area contributed by atoms with Gasteiger partial charge in [0.2, 0.25) is 0 Å². The molecule has 5 nitrogen and oxygen atoms in total. The van der Waals surface area contributed by atoms with Crippen LogP contribution in [0.1, 0.15) is 12.6 Å². The van der Waals surface area contributed by atoms with E-state index >= 15 is 0 Å². The quantitative estimate of drug-likeness (QED) is 0.885. The normalized spacial score (nSPS) is 22.8. The molecule has 1 unspecified atom stereocenters. The molecule has 1 saturated heterocycles. The van der Waals surface area contributed by atoms with Crippen LogP contribution in [0.5, 0.6) is 0 Å². The molecule has 0 spiro atoms. The van der Waals surface area contributed by atoms with Gasteiger partial charge >= 0.3 is 0 Å². The Kier molecular flexibility index (Phi) is 3.67. The van der Waals surface area contributed by atoms with E-state index in [4.69, 9.17) is 5.73 Å². The van der Waals surface area contributed by atoms with E-state index in [1.807, 2.05) is 6.92 Å². The van der Waals surface area contributed by atoms with Gasteiger partial charge in [-0.1, -0.05) is 11.3 Å². The number of sulfonamides is 1. The van der Waals surface area contributed by atoms with Crippen LogP contribution >= 0.6 is 23.1 Å². The Labute approximate surface area is 109 Å². The molecule has 1 atom stereocenters. The van der Waals surface area contributed by atoms with Gasteiger partial charge in [-0.05, 0) is 13.8 Å². The Morgan fingerprint density at radius 1 is 1.53 bits per heavy atom. The zero-order valence-corrected chi connectivity index (χ0v) is 12.2. The molecule has 1 aliphatic heterocycles. The molecule has 17 heavy (non-hydrogen) atoms. The van der Waals surface area contributed by atoms with Crippen LogP contribution in [0, 0.1) is 6.92 Å². The maximum atomic E-state index is 12.5. The van der Waals surface area contributed by atoms with Gasteiger partial charge < -0.3 is 5.73 Å². The van der Waals surface area contributed by atoms with Crippen molar-refractivity contribution in [2.24, 2.45) is 0 Å². The van der Waals surface area contributed by atoms with Gasteiger partial charge in [0.1, 0.15) is 0 Å². The van der Waals surface area contributed by atoms with Gasteiger partial charge in [0.25, 0.3) is 10.0 Å². The largest absolute Gasteiger partial charge is 0.375 e. The van der Waals surface area contributed by atoms with Crippen LogP contribution in [-0.4, -0.2) is 41.8 Å². The number of aromatic nitrogens is 1. The molecule has 2 rings (SSSR count). The Bertz CT molecular complexity index is 512. The van der Waals surface area contributed by atoms with E-state index in [0.717, 1.165) is 22.8 Å². The smallest absolute Gasteiger partial charge is 0.254 e. The van der Waals surface area contributed by atoms with E-state index in [1.54, 1.807) is 23.0 Å². The van der Waals surface area contributed by atoms with Crippen LogP contribution in [0.4, 0.5) is 5.13 Å². The molecular weight excluding hydrogens is 278 g/mol. The van der Waals surface area contributed by atoms with Gasteiger partial charge in [0.05, 0.1) is 5.69 Å². The molecule has 0 radical (unpaired) electrons. The van der Waals surface area contributed by atoms with Crippen LogP contribution < -0.4 is 5.73 Å². The summed E-state index contributed by atoms with van der Waals surface area (Å²) in [6, 6.07) is 0.0291. The number of aryl methyl sites for hydroxylation is 1. The number of thioether (sulfide) groups is 1. The number of nitrogens with two attached hydrogens (primary N) is 1. The van der Waals surface area contributed by atoms with Crippen molar-refractivity contribution in [2.45, 2.75) is 24.1 Å². The summed E-state index contributed by atoms with van der Waals surface area (Å²) in [5, 5.41) is 0.306. The maximum Gasteiger partial charge on any atom is 0.254 e. The highest BCUT2D eigenvalue weighted by atomic mass is 32.2. The van der Waals surface area contributed by atoms with Crippen LogP contribution in [0.15, 0.2) is 4.21 Å². The van der Waals surface area contributed by atoms with E-state index in [0.29, 0.717) is 17.4 Å². The van der Waals surface area contributed by atoms with Crippen LogP contribution in [-0.2, 0) is 10.0 Å². The Morgan fingerprint density at radius 2 is 2.24 bits per heavy atom. The molecule has 0 saturated carbocycles. The highest BCUT2D eigenvalue weighted by Gasteiger charge is 2.34. The molecule has 96 valence electrons. The lowest BCUT2D eigenvalue weighted by Gasteiger charge is -2.31. The lowest BCUT2D eigenvalue weighted by molar-refractivity contribution is 0.368. The van der Waals surface area contributed by atoms with E-state index in [2.05, 4.69) is 4.98 Å². The molecule has 0 amide bonds. The molecule has 0 aromatic carbocycles. The van der Waals surface area contributed by atoms with Gasteiger partial charge in [-0.3, -0.25) is 0 Å². The van der Waals surface area contributed by atoms with E-state index in [-0.39, 0.29) is 10.3 Å². The summed E-state index contributed by atoms with van der Waals surface area (Å²) >= 11 is 2.83. The lowest BCUT2D eigenvalue weighted by atomic mass is 10.4. The first-order chi connectivity index (χ1) is 7.93. The Balaban J connectivity index is 2.39. The molecule has 0 aliphatic carbocycles. The fraction of sp³-hybridized carbons (Fsp3) is 0.667. The zero-order chi connectivity index (χ0) is 12.6. The summed E-state index contributed by atoms with van der Waals surface area (Å²) in [5.74, 6) is 1.68. The van der Waals surface area contributed by atoms with E-state index < -0.39 is 10.0 Å². The third-order valence-electron chi connectivity index (χ3n) is 2.62. The predicted octanol–water partition coefficient (Wildman–Crippen LogP) is 1.16. The molecule has 2 heterocycles. The second-order valence-corrected chi connectivity index (χ2v) is 8.23. The van der Waals surface area contributed by atoms with Gasteiger partial charge in [0, 0.05) is 24.1 Å². The van der Waals surface area contributed by atoms with Gasteiger partial charge in [0.15, 0.2) is 9.34 Å². The highest BCUT2D eigenvalue weighted by Crippen LogP contribution is 2.31. The maximum absolute atomic E-state index is 12.5. The van der Waals surface area contributed by atoms with Crippen molar-refractivity contribution in [1.29, 1.82) is 0 Å². The topological polar surface area (TPSA) is 76.3 Å². The number of anilines is 1. The van der Waals surface area contributed by atoms with Crippen molar-refractivity contribution < 1.29 is 8.42 Å². The molecule has 1 aromatic heterocycles. The average Bonchev–Trinajstić information content (AvgIpc) is 2.59. The van der Waals surface area contributed by atoms with Crippen LogP contribution in [0.25, 0.3) is 0 Å². The van der Waals surface area contributed by atoms with Crippen molar-refractivity contribution in [2.75, 3.05) is 23.8 Å². The van der Waals surface area contributed by atoms with Crippen molar-refractivity contribution in [3.8, 4) is 0 Å². The lowest BCUT2D eigenvalue weighted by Crippen LogP contribution is -2.44. The van der Waals surface area contributed by atoms with Gasteiger partial charge in [-0.2, -0.15) is 16.1 Å². The summed E-state index contributed by atoms with van der Waals surface area (Å²) in [6.07, 6.45) is 0. The van der Waals surface area contributed by atoms with Gasteiger partial charge in [-0.25, -0.2) is 13.4 Å². The first kappa shape index (κ1) is 13.1. The minimum atomic E-state index is -3.43. The third kappa shape index (κ3) is 2.44. The molecule has 1 fully saturated rings. The first-order valence-corrected chi connectivity index (χ1v) is 8.66. The molecule has 0 bridgehead atoms. The molecule has 8 heteroatoms. The number of thiazole rings is 1. The second-order valence-electron chi connectivity index (χ2n) is 3.96. The second kappa shape index (κ2) is 4.75. The monoisotopic (exact) mass is 293 g/mol. The highest BCUT2D eigenvalue weighted by molar-refractivity contribution is 7.99. The summed E-state index contributed by atoms with van der Waals surface area (Å²) in [4.78, 5) is 3.98.